The lowest BCUT2D eigenvalue weighted by Gasteiger charge is -2.10. The minimum absolute atomic E-state index is 0.101. The molecule has 0 saturated heterocycles. The molecule has 6 heteroatoms. The van der Waals surface area contributed by atoms with E-state index in [0.717, 1.165) is 22.7 Å². The molecule has 0 aliphatic rings. The summed E-state index contributed by atoms with van der Waals surface area (Å²) < 4.78 is 7.00. The highest BCUT2D eigenvalue weighted by molar-refractivity contribution is 5.67. The van der Waals surface area contributed by atoms with E-state index in [-0.39, 0.29) is 5.75 Å². The fraction of sp³-hybridized carbons (Fsp3) is 0.182. The van der Waals surface area contributed by atoms with Gasteiger partial charge in [0, 0.05) is 12.1 Å². The van der Waals surface area contributed by atoms with Crippen LogP contribution in [-0.2, 0) is 6.54 Å². The molecular formula is C22H22N4O2. The summed E-state index contributed by atoms with van der Waals surface area (Å²) in [5, 5.41) is 17.9. The molecule has 0 atom stereocenters. The number of aromatic hydroxyl groups is 1. The SMILES string of the molecule is COc1cc(-c2cnc3ccc(NCc4ccc(C)cc4C)nn23)ccc1O. The molecule has 0 aliphatic heterocycles. The van der Waals surface area contributed by atoms with Gasteiger partial charge in [0.25, 0.3) is 0 Å². The highest BCUT2D eigenvalue weighted by atomic mass is 16.5. The van der Waals surface area contributed by atoms with Crippen LogP contribution in [0.5, 0.6) is 11.5 Å². The van der Waals surface area contributed by atoms with Crippen molar-refractivity contribution in [1.82, 2.24) is 14.6 Å². The number of anilines is 1. The van der Waals surface area contributed by atoms with Crippen LogP contribution in [0.2, 0.25) is 0 Å². The van der Waals surface area contributed by atoms with Gasteiger partial charge in [-0.25, -0.2) is 9.50 Å². The summed E-state index contributed by atoms with van der Waals surface area (Å²) in [6, 6.07) is 15.5. The van der Waals surface area contributed by atoms with Crippen molar-refractivity contribution in [3.05, 3.63) is 71.4 Å². The first-order valence-electron chi connectivity index (χ1n) is 9.07. The highest BCUT2D eigenvalue weighted by Crippen LogP contribution is 2.31. The lowest BCUT2D eigenvalue weighted by molar-refractivity contribution is 0.373. The Morgan fingerprint density at radius 1 is 1.07 bits per heavy atom. The van der Waals surface area contributed by atoms with Crippen LogP contribution in [-0.4, -0.2) is 26.8 Å². The Balaban J connectivity index is 1.64. The van der Waals surface area contributed by atoms with Gasteiger partial charge in [-0.2, -0.15) is 0 Å². The summed E-state index contributed by atoms with van der Waals surface area (Å²) in [5.41, 5.74) is 6.19. The van der Waals surface area contributed by atoms with E-state index in [1.807, 2.05) is 18.2 Å². The Morgan fingerprint density at radius 3 is 2.71 bits per heavy atom. The maximum atomic E-state index is 9.83. The number of nitrogens with zero attached hydrogens (tertiary/aromatic N) is 3. The van der Waals surface area contributed by atoms with Gasteiger partial charge >= 0.3 is 0 Å². The third-order valence-electron chi connectivity index (χ3n) is 4.80. The number of methoxy groups -OCH3 is 1. The Hall–Kier alpha value is -3.54. The second-order valence-electron chi connectivity index (χ2n) is 6.80. The van der Waals surface area contributed by atoms with Crippen LogP contribution < -0.4 is 10.1 Å². The maximum Gasteiger partial charge on any atom is 0.161 e. The molecule has 0 amide bonds. The zero-order valence-corrected chi connectivity index (χ0v) is 16.1. The number of ether oxygens (including phenoxy) is 1. The van der Waals surface area contributed by atoms with Crippen LogP contribution >= 0.6 is 0 Å². The van der Waals surface area contributed by atoms with E-state index in [9.17, 15) is 5.11 Å². The normalized spacial score (nSPS) is 11.0. The van der Waals surface area contributed by atoms with Crippen molar-refractivity contribution in [2.75, 3.05) is 12.4 Å². The number of hydrogen-bond donors (Lipinski definition) is 2. The van der Waals surface area contributed by atoms with Crippen LogP contribution in [0.3, 0.4) is 0 Å². The van der Waals surface area contributed by atoms with Crippen molar-refractivity contribution >= 4 is 11.5 Å². The van der Waals surface area contributed by atoms with Crippen molar-refractivity contribution < 1.29 is 9.84 Å². The molecule has 0 fully saturated rings. The van der Waals surface area contributed by atoms with E-state index in [2.05, 4.69) is 42.3 Å². The van der Waals surface area contributed by atoms with Gasteiger partial charge < -0.3 is 15.2 Å². The molecule has 0 radical (unpaired) electrons. The predicted octanol–water partition coefficient (Wildman–Crippen LogP) is 4.34. The van der Waals surface area contributed by atoms with Crippen molar-refractivity contribution in [2.24, 2.45) is 0 Å². The lowest BCUT2D eigenvalue weighted by atomic mass is 10.1. The van der Waals surface area contributed by atoms with Gasteiger partial charge in [-0.15, -0.1) is 5.10 Å². The molecule has 0 aliphatic carbocycles. The Kier molecular flexibility index (Phi) is 4.61. The van der Waals surface area contributed by atoms with Crippen molar-refractivity contribution in [1.29, 1.82) is 0 Å². The number of aryl methyl sites for hydroxylation is 2. The van der Waals surface area contributed by atoms with Gasteiger partial charge in [0.05, 0.1) is 19.0 Å². The van der Waals surface area contributed by atoms with E-state index < -0.39 is 0 Å². The minimum Gasteiger partial charge on any atom is -0.504 e. The van der Waals surface area contributed by atoms with Gasteiger partial charge in [-0.3, -0.25) is 0 Å². The topological polar surface area (TPSA) is 71.7 Å². The largest absolute Gasteiger partial charge is 0.504 e. The number of nitrogens with one attached hydrogen (secondary N) is 1. The molecule has 2 N–H and O–H groups in total. The monoisotopic (exact) mass is 374 g/mol. The summed E-state index contributed by atoms with van der Waals surface area (Å²) in [4.78, 5) is 4.43. The third-order valence-corrected chi connectivity index (χ3v) is 4.80. The second kappa shape index (κ2) is 7.23. The number of hydrogen-bond acceptors (Lipinski definition) is 5. The van der Waals surface area contributed by atoms with Gasteiger partial charge in [0.2, 0.25) is 0 Å². The zero-order chi connectivity index (χ0) is 19.7. The molecule has 0 spiro atoms. The molecule has 28 heavy (non-hydrogen) atoms. The molecule has 0 saturated carbocycles. The molecule has 142 valence electrons. The first-order valence-corrected chi connectivity index (χ1v) is 9.07. The van der Waals surface area contributed by atoms with Crippen molar-refractivity contribution in [3.63, 3.8) is 0 Å². The van der Waals surface area contributed by atoms with E-state index in [1.54, 1.807) is 22.8 Å². The summed E-state index contributed by atoms with van der Waals surface area (Å²) in [5.74, 6) is 1.28. The average Bonchev–Trinajstić information content (AvgIpc) is 3.11. The zero-order valence-electron chi connectivity index (χ0n) is 16.1. The smallest absolute Gasteiger partial charge is 0.161 e. The average molecular weight is 374 g/mol. The molecule has 4 aromatic rings. The Labute approximate surface area is 163 Å². The number of phenols is 1. The third kappa shape index (κ3) is 3.36. The maximum absolute atomic E-state index is 9.83. The molecule has 6 nitrogen and oxygen atoms in total. The second-order valence-corrected chi connectivity index (χ2v) is 6.80. The number of aromatic nitrogens is 3. The predicted molar refractivity (Wildman–Crippen MR) is 110 cm³/mol. The summed E-state index contributed by atoms with van der Waals surface area (Å²) in [6.45, 7) is 4.91. The van der Waals surface area contributed by atoms with Gasteiger partial charge in [0.1, 0.15) is 5.82 Å². The Morgan fingerprint density at radius 2 is 1.93 bits per heavy atom. The Bertz CT molecular complexity index is 1150. The lowest BCUT2D eigenvalue weighted by Crippen LogP contribution is -2.06. The fourth-order valence-corrected chi connectivity index (χ4v) is 3.23. The van der Waals surface area contributed by atoms with Gasteiger partial charge in [-0.05, 0) is 55.3 Å². The number of phenolic OH excluding ortho intramolecular Hbond substituents is 1. The molecule has 2 aromatic carbocycles. The molecule has 2 heterocycles. The minimum atomic E-state index is 0.101. The van der Waals surface area contributed by atoms with E-state index in [0.29, 0.717) is 12.3 Å². The summed E-state index contributed by atoms with van der Waals surface area (Å²) in [7, 11) is 1.53. The highest BCUT2D eigenvalue weighted by Gasteiger charge is 2.11. The standard InChI is InChI=1S/C22H22N4O2/c1-14-4-5-17(15(2)10-14)12-23-21-8-9-22-24-13-18(26(22)25-21)16-6-7-19(27)20(11-16)28-3/h4-11,13,27H,12H2,1-3H3,(H,23,25). The van der Waals surface area contributed by atoms with Crippen LogP contribution in [0.4, 0.5) is 5.82 Å². The quantitative estimate of drug-likeness (QED) is 0.544. The molecule has 0 bridgehead atoms. The van der Waals surface area contributed by atoms with Crippen LogP contribution in [0.15, 0.2) is 54.7 Å². The van der Waals surface area contributed by atoms with E-state index >= 15 is 0 Å². The van der Waals surface area contributed by atoms with Crippen molar-refractivity contribution in [2.45, 2.75) is 20.4 Å². The van der Waals surface area contributed by atoms with Crippen LogP contribution in [0.25, 0.3) is 16.9 Å². The number of fused-ring (bicyclic) bond motifs is 1. The van der Waals surface area contributed by atoms with Crippen LogP contribution in [0, 0.1) is 13.8 Å². The number of imidazole rings is 1. The van der Waals surface area contributed by atoms with Crippen molar-refractivity contribution in [3.8, 4) is 22.8 Å². The van der Waals surface area contributed by atoms with Gasteiger partial charge in [0.15, 0.2) is 17.1 Å². The first kappa shape index (κ1) is 17.9. The summed E-state index contributed by atoms with van der Waals surface area (Å²) in [6.07, 6.45) is 1.77. The molecule has 4 rings (SSSR count). The molecular weight excluding hydrogens is 352 g/mol. The number of rotatable bonds is 5. The molecule has 0 unspecified atom stereocenters. The van der Waals surface area contributed by atoms with E-state index in [4.69, 9.17) is 9.84 Å². The molecule has 2 aromatic heterocycles. The fourth-order valence-electron chi connectivity index (χ4n) is 3.23. The van der Waals surface area contributed by atoms with E-state index in [1.165, 1.54) is 23.8 Å². The summed E-state index contributed by atoms with van der Waals surface area (Å²) >= 11 is 0. The first-order chi connectivity index (χ1) is 13.5. The number of benzene rings is 2. The van der Waals surface area contributed by atoms with Crippen LogP contribution in [0.1, 0.15) is 16.7 Å². The van der Waals surface area contributed by atoms with Gasteiger partial charge in [-0.1, -0.05) is 23.8 Å².